The van der Waals surface area contributed by atoms with E-state index in [0.29, 0.717) is 42.9 Å². The average molecular weight is 340 g/mol. The van der Waals surface area contributed by atoms with Crippen LogP contribution in [0.5, 0.6) is 0 Å². The van der Waals surface area contributed by atoms with Crippen molar-refractivity contribution in [3.05, 3.63) is 29.6 Å². The largest absolute Gasteiger partial charge is 0.465 e. The molecule has 1 fully saturated rings. The number of nitrogens with two attached hydrogens (primary N) is 1. The molecule has 0 aliphatic carbocycles. The van der Waals surface area contributed by atoms with Gasteiger partial charge in [-0.15, -0.1) is 0 Å². The van der Waals surface area contributed by atoms with Crippen molar-refractivity contribution in [1.29, 1.82) is 5.26 Å². The molecule has 9 nitrogen and oxygen atoms in total. The van der Waals surface area contributed by atoms with Crippen molar-refractivity contribution in [3.63, 3.8) is 0 Å². The van der Waals surface area contributed by atoms with E-state index in [-0.39, 0.29) is 12.4 Å². The van der Waals surface area contributed by atoms with Gasteiger partial charge in [-0.05, 0) is 12.1 Å². The number of aromatic nitrogens is 3. The number of carbonyl (C=O) groups is 1. The number of likely N-dealkylation sites (tertiary alicyclic amines) is 1. The van der Waals surface area contributed by atoms with Gasteiger partial charge < -0.3 is 20.5 Å². The van der Waals surface area contributed by atoms with Crippen LogP contribution in [0.2, 0.25) is 0 Å². The van der Waals surface area contributed by atoms with Crippen molar-refractivity contribution >= 4 is 11.9 Å². The molecule has 3 N–H and O–H groups in total. The molecule has 0 unspecified atom stereocenters. The molecule has 2 aromatic heterocycles. The van der Waals surface area contributed by atoms with Gasteiger partial charge in [0.15, 0.2) is 0 Å². The molecular formula is C16H16N6O3. The topological polar surface area (TPSA) is 130 Å². The normalized spacial score (nSPS) is 22.0. The smallest absolute Gasteiger partial charge is 0.407 e. The Morgan fingerprint density at radius 2 is 2.28 bits per heavy atom. The van der Waals surface area contributed by atoms with E-state index in [1.165, 1.54) is 4.90 Å². The van der Waals surface area contributed by atoms with E-state index in [1.54, 1.807) is 12.3 Å². The molecule has 25 heavy (non-hydrogen) atoms. The van der Waals surface area contributed by atoms with Gasteiger partial charge in [0.05, 0.1) is 36.6 Å². The highest BCUT2D eigenvalue weighted by molar-refractivity contribution is 5.66. The Kier molecular flexibility index (Phi) is 3.36. The maximum absolute atomic E-state index is 11.3. The van der Waals surface area contributed by atoms with Crippen molar-refractivity contribution in [2.45, 2.75) is 18.6 Å². The van der Waals surface area contributed by atoms with E-state index in [1.807, 2.05) is 16.8 Å². The fourth-order valence-corrected chi connectivity index (χ4v) is 3.47. The molecule has 9 heteroatoms. The number of nitrogens with zero attached hydrogens (tertiary/aromatic N) is 5. The summed E-state index contributed by atoms with van der Waals surface area (Å²) in [5, 5.41) is 23.0. The van der Waals surface area contributed by atoms with Crippen LogP contribution in [-0.2, 0) is 16.9 Å². The Labute approximate surface area is 143 Å². The SMILES string of the molecule is N#Cc1cc(-c2cc3n(n2)CCO[C@@]32CCN(C(=O)O)C2)cnc1N. The van der Waals surface area contributed by atoms with E-state index >= 15 is 0 Å². The van der Waals surface area contributed by atoms with Crippen LogP contribution in [0, 0.1) is 11.3 Å². The first-order chi connectivity index (χ1) is 12.0. The molecule has 4 heterocycles. The molecule has 128 valence electrons. The lowest BCUT2D eigenvalue weighted by atomic mass is 9.96. The highest BCUT2D eigenvalue weighted by Crippen LogP contribution is 2.39. The minimum absolute atomic E-state index is 0.183. The summed E-state index contributed by atoms with van der Waals surface area (Å²) in [6.45, 7) is 1.79. The Bertz CT molecular complexity index is 902. The third-order valence-corrected chi connectivity index (χ3v) is 4.77. The number of amides is 1. The third-order valence-electron chi connectivity index (χ3n) is 4.77. The molecule has 1 saturated heterocycles. The molecule has 4 rings (SSSR count). The predicted molar refractivity (Wildman–Crippen MR) is 86.4 cm³/mol. The van der Waals surface area contributed by atoms with Crippen LogP contribution < -0.4 is 5.73 Å². The quantitative estimate of drug-likeness (QED) is 0.792. The standard InChI is InChI=1S/C16H16N6O3/c17-7-10-5-11(8-19-14(10)18)12-6-13-16(25-4-3-22(13)20-12)1-2-21(9-16)15(23)24/h5-6,8H,1-4,9H2,(H2,18,19)(H,23,24)/t16-/m1/s1. The van der Waals surface area contributed by atoms with Crippen molar-refractivity contribution in [1.82, 2.24) is 19.7 Å². The highest BCUT2D eigenvalue weighted by Gasteiger charge is 2.46. The number of anilines is 1. The second-order valence-electron chi connectivity index (χ2n) is 6.20. The summed E-state index contributed by atoms with van der Waals surface area (Å²) >= 11 is 0. The molecule has 0 aromatic carbocycles. The average Bonchev–Trinajstić information content (AvgIpc) is 3.22. The van der Waals surface area contributed by atoms with Crippen LogP contribution in [0.15, 0.2) is 18.3 Å². The number of nitriles is 1. The number of pyridine rings is 1. The molecule has 0 radical (unpaired) electrons. The number of nitrogen functional groups attached to an aromatic ring is 1. The molecule has 1 amide bonds. The van der Waals surface area contributed by atoms with E-state index in [0.717, 1.165) is 5.69 Å². The van der Waals surface area contributed by atoms with Gasteiger partial charge in [0.25, 0.3) is 0 Å². The van der Waals surface area contributed by atoms with Crippen molar-refractivity contribution in [2.24, 2.45) is 0 Å². The summed E-state index contributed by atoms with van der Waals surface area (Å²) in [6, 6.07) is 5.56. The van der Waals surface area contributed by atoms with Crippen molar-refractivity contribution < 1.29 is 14.6 Å². The number of hydrogen-bond acceptors (Lipinski definition) is 6. The zero-order valence-electron chi connectivity index (χ0n) is 13.3. The number of rotatable bonds is 1. The summed E-state index contributed by atoms with van der Waals surface area (Å²) in [4.78, 5) is 16.7. The summed E-state index contributed by atoms with van der Waals surface area (Å²) in [6.07, 6.45) is 1.23. The van der Waals surface area contributed by atoms with Crippen LogP contribution >= 0.6 is 0 Å². The van der Waals surface area contributed by atoms with Gasteiger partial charge >= 0.3 is 6.09 Å². The molecule has 2 aromatic rings. The van der Waals surface area contributed by atoms with Gasteiger partial charge in [-0.2, -0.15) is 10.4 Å². The minimum atomic E-state index is -0.946. The Balaban J connectivity index is 1.74. The van der Waals surface area contributed by atoms with Gasteiger partial charge in [0, 0.05) is 24.7 Å². The molecule has 1 atom stereocenters. The third kappa shape index (κ3) is 2.38. The molecular weight excluding hydrogens is 324 g/mol. The van der Waals surface area contributed by atoms with Crippen LogP contribution in [0.25, 0.3) is 11.3 Å². The Morgan fingerprint density at radius 3 is 3.00 bits per heavy atom. The number of hydrogen-bond donors (Lipinski definition) is 2. The number of fused-ring (bicyclic) bond motifs is 2. The second-order valence-corrected chi connectivity index (χ2v) is 6.20. The summed E-state index contributed by atoms with van der Waals surface area (Å²) < 4.78 is 7.85. The molecule has 2 aliphatic rings. The monoisotopic (exact) mass is 340 g/mol. The first-order valence-electron chi connectivity index (χ1n) is 7.88. The van der Waals surface area contributed by atoms with Gasteiger partial charge in [-0.25, -0.2) is 9.78 Å². The van der Waals surface area contributed by atoms with E-state index in [4.69, 9.17) is 15.7 Å². The number of ether oxygens (including phenoxy) is 1. The first-order valence-corrected chi connectivity index (χ1v) is 7.88. The van der Waals surface area contributed by atoms with E-state index in [2.05, 4.69) is 10.1 Å². The maximum Gasteiger partial charge on any atom is 0.407 e. The maximum atomic E-state index is 11.3. The molecule has 2 aliphatic heterocycles. The number of carboxylic acid groups (broad SMARTS) is 1. The van der Waals surface area contributed by atoms with Crippen LogP contribution in [0.1, 0.15) is 17.7 Å². The van der Waals surface area contributed by atoms with Gasteiger partial charge in [0.2, 0.25) is 0 Å². The fourth-order valence-electron chi connectivity index (χ4n) is 3.47. The summed E-state index contributed by atoms with van der Waals surface area (Å²) in [7, 11) is 0. The highest BCUT2D eigenvalue weighted by atomic mass is 16.5. The van der Waals surface area contributed by atoms with E-state index < -0.39 is 11.7 Å². The predicted octanol–water partition coefficient (Wildman–Crippen LogP) is 1.01. The fraction of sp³-hybridized carbons (Fsp3) is 0.375. The lowest BCUT2D eigenvalue weighted by molar-refractivity contribution is -0.0709. The van der Waals surface area contributed by atoms with Gasteiger partial charge in [-0.3, -0.25) is 4.68 Å². The van der Waals surface area contributed by atoms with E-state index in [9.17, 15) is 9.90 Å². The molecule has 1 spiro atoms. The van der Waals surface area contributed by atoms with Gasteiger partial charge in [0.1, 0.15) is 17.5 Å². The van der Waals surface area contributed by atoms with Gasteiger partial charge in [-0.1, -0.05) is 0 Å². The summed E-state index contributed by atoms with van der Waals surface area (Å²) in [5.41, 5.74) is 7.52. The zero-order chi connectivity index (χ0) is 17.6. The van der Waals surface area contributed by atoms with Crippen LogP contribution in [0.4, 0.5) is 10.6 Å². The van der Waals surface area contributed by atoms with Crippen LogP contribution in [0.3, 0.4) is 0 Å². The first kappa shape index (κ1) is 15.4. The Hall–Kier alpha value is -3.12. The summed E-state index contributed by atoms with van der Waals surface area (Å²) in [5.74, 6) is 0.183. The lowest BCUT2D eigenvalue weighted by Gasteiger charge is -2.33. The Morgan fingerprint density at radius 1 is 1.44 bits per heavy atom. The van der Waals surface area contributed by atoms with Crippen molar-refractivity contribution in [3.8, 4) is 17.3 Å². The van der Waals surface area contributed by atoms with Crippen LogP contribution in [-0.4, -0.2) is 50.6 Å². The lowest BCUT2D eigenvalue weighted by Crippen LogP contribution is -2.41. The molecule has 0 bridgehead atoms. The minimum Gasteiger partial charge on any atom is -0.465 e. The molecule has 0 saturated carbocycles. The second kappa shape index (κ2) is 5.46. The zero-order valence-corrected chi connectivity index (χ0v) is 13.3. The van der Waals surface area contributed by atoms with Crippen molar-refractivity contribution in [2.75, 3.05) is 25.4 Å².